The second-order valence-electron chi connectivity index (χ2n) is 8.74. The highest BCUT2D eigenvalue weighted by Gasteiger charge is 2.34. The van der Waals surface area contributed by atoms with E-state index in [0.717, 1.165) is 47.8 Å². The highest BCUT2D eigenvalue weighted by atomic mass is 16.5. The fourth-order valence-corrected chi connectivity index (χ4v) is 4.74. The van der Waals surface area contributed by atoms with Crippen LogP contribution in [0.3, 0.4) is 0 Å². The summed E-state index contributed by atoms with van der Waals surface area (Å²) in [6, 6.07) is 24.1. The summed E-state index contributed by atoms with van der Waals surface area (Å²) in [5.74, 6) is 1.61. The lowest BCUT2D eigenvalue weighted by atomic mass is 9.98. The Bertz CT molecular complexity index is 1190. The van der Waals surface area contributed by atoms with Crippen LogP contribution in [0.25, 0.3) is 0 Å². The molecule has 0 N–H and O–H groups in total. The molecule has 2 aliphatic rings. The Hall–Kier alpha value is -3.64. The number of methoxy groups -OCH3 is 2. The van der Waals surface area contributed by atoms with Crippen LogP contribution in [0.4, 0.5) is 0 Å². The van der Waals surface area contributed by atoms with Gasteiger partial charge in [-0.3, -0.25) is 9.69 Å². The van der Waals surface area contributed by atoms with Gasteiger partial charge in [0.1, 0.15) is 11.5 Å². The summed E-state index contributed by atoms with van der Waals surface area (Å²) < 4.78 is 10.6. The number of nitrogens with zero attached hydrogens (tertiary/aromatic N) is 3. The molecule has 5 rings (SSSR count). The molecule has 174 valence electrons. The van der Waals surface area contributed by atoms with E-state index < -0.39 is 0 Å². The Morgan fingerprint density at radius 1 is 0.912 bits per heavy atom. The number of hydrogen-bond acceptors (Lipinski definition) is 5. The predicted molar refractivity (Wildman–Crippen MR) is 132 cm³/mol. The molecule has 1 unspecified atom stereocenters. The van der Waals surface area contributed by atoms with Crippen molar-refractivity contribution in [3.63, 3.8) is 0 Å². The highest BCUT2D eigenvalue weighted by molar-refractivity contribution is 6.03. The molecule has 1 atom stereocenters. The van der Waals surface area contributed by atoms with Gasteiger partial charge in [0.25, 0.3) is 5.91 Å². The van der Waals surface area contributed by atoms with E-state index in [0.29, 0.717) is 13.0 Å². The van der Waals surface area contributed by atoms with Gasteiger partial charge < -0.3 is 9.47 Å². The summed E-state index contributed by atoms with van der Waals surface area (Å²) in [6.07, 6.45) is 1.62. The summed E-state index contributed by atoms with van der Waals surface area (Å²) in [4.78, 5) is 15.8. The minimum absolute atomic E-state index is 0.0173. The average molecular weight is 456 g/mol. The third-order valence-electron chi connectivity index (χ3n) is 6.66. The van der Waals surface area contributed by atoms with E-state index >= 15 is 0 Å². The topological polar surface area (TPSA) is 54.4 Å². The lowest BCUT2D eigenvalue weighted by molar-refractivity contribution is -0.134. The summed E-state index contributed by atoms with van der Waals surface area (Å²) in [5, 5.41) is 6.51. The Balaban J connectivity index is 1.39. The van der Waals surface area contributed by atoms with Gasteiger partial charge in [0.15, 0.2) is 0 Å². The number of hydrazone groups is 1. The standard InChI is InChI=1S/C28H29N3O3/c1-33-24-11-7-21(8-12-24)26-17-27(22-9-13-25(34-2)14-10-22)31(29-26)28(32)19-30-16-15-20-5-3-4-6-23(20)18-30/h3-14,27H,15-19H2,1-2H3. The van der Waals surface area contributed by atoms with Gasteiger partial charge in [0.2, 0.25) is 0 Å². The van der Waals surface area contributed by atoms with E-state index in [1.54, 1.807) is 19.2 Å². The van der Waals surface area contributed by atoms with Crippen molar-refractivity contribution in [2.45, 2.75) is 25.4 Å². The maximum Gasteiger partial charge on any atom is 0.257 e. The molecular weight excluding hydrogens is 426 g/mol. The van der Waals surface area contributed by atoms with Crippen LogP contribution in [-0.2, 0) is 17.8 Å². The van der Waals surface area contributed by atoms with Crippen LogP contribution in [-0.4, -0.2) is 48.8 Å². The van der Waals surface area contributed by atoms with Crippen LogP contribution in [0.5, 0.6) is 11.5 Å². The maximum absolute atomic E-state index is 13.5. The number of rotatable bonds is 6. The van der Waals surface area contributed by atoms with Crippen LogP contribution < -0.4 is 9.47 Å². The molecule has 6 nitrogen and oxygen atoms in total. The monoisotopic (exact) mass is 455 g/mol. The zero-order chi connectivity index (χ0) is 23.5. The maximum atomic E-state index is 13.5. The quantitative estimate of drug-likeness (QED) is 0.552. The molecule has 1 amide bonds. The molecule has 0 aromatic heterocycles. The third kappa shape index (κ3) is 4.54. The van der Waals surface area contributed by atoms with Gasteiger partial charge in [-0.15, -0.1) is 0 Å². The van der Waals surface area contributed by atoms with Gasteiger partial charge in [-0.25, -0.2) is 5.01 Å². The Kier molecular flexibility index (Phi) is 6.32. The molecule has 0 aliphatic carbocycles. The molecule has 0 fully saturated rings. The lowest BCUT2D eigenvalue weighted by Gasteiger charge is -2.30. The second-order valence-corrected chi connectivity index (χ2v) is 8.74. The fourth-order valence-electron chi connectivity index (χ4n) is 4.74. The first-order valence-corrected chi connectivity index (χ1v) is 11.6. The molecule has 6 heteroatoms. The molecule has 0 bridgehead atoms. The van der Waals surface area contributed by atoms with E-state index in [4.69, 9.17) is 14.6 Å². The number of carbonyl (C=O) groups excluding carboxylic acids is 1. The summed E-state index contributed by atoms with van der Waals surface area (Å²) in [7, 11) is 3.31. The van der Waals surface area contributed by atoms with Gasteiger partial charge in [-0.1, -0.05) is 36.4 Å². The molecule has 2 heterocycles. The van der Waals surface area contributed by atoms with Crippen LogP contribution in [0.15, 0.2) is 77.9 Å². The van der Waals surface area contributed by atoms with Crippen LogP contribution in [0.1, 0.15) is 34.7 Å². The summed E-state index contributed by atoms with van der Waals surface area (Å²) in [5.41, 5.74) is 5.63. The van der Waals surface area contributed by atoms with Crippen molar-refractivity contribution < 1.29 is 14.3 Å². The SMILES string of the molecule is COc1ccc(C2=NN(C(=O)CN3CCc4ccccc4C3)C(c3ccc(OC)cc3)C2)cc1. The van der Waals surface area contributed by atoms with Crippen molar-refractivity contribution >= 4 is 11.6 Å². The lowest BCUT2D eigenvalue weighted by Crippen LogP contribution is -2.40. The number of carbonyl (C=O) groups is 1. The van der Waals surface area contributed by atoms with Crippen LogP contribution >= 0.6 is 0 Å². The van der Waals surface area contributed by atoms with E-state index in [9.17, 15) is 4.79 Å². The van der Waals surface area contributed by atoms with Gasteiger partial charge in [0.05, 0.1) is 32.5 Å². The number of hydrogen-bond donors (Lipinski definition) is 0. The van der Waals surface area contributed by atoms with Gasteiger partial charge in [-0.05, 0) is 65.1 Å². The number of amides is 1. The fraction of sp³-hybridized carbons (Fsp3) is 0.286. The molecule has 3 aromatic rings. The first-order valence-electron chi connectivity index (χ1n) is 11.6. The summed E-state index contributed by atoms with van der Waals surface area (Å²) in [6.45, 7) is 2.01. The highest BCUT2D eigenvalue weighted by Crippen LogP contribution is 2.34. The summed E-state index contributed by atoms with van der Waals surface area (Å²) >= 11 is 0. The van der Waals surface area contributed by atoms with Crippen molar-refractivity contribution in [1.82, 2.24) is 9.91 Å². The van der Waals surface area contributed by atoms with Crippen LogP contribution in [0.2, 0.25) is 0 Å². The molecule has 0 radical (unpaired) electrons. The number of ether oxygens (including phenoxy) is 2. The van der Waals surface area contributed by atoms with Crippen molar-refractivity contribution in [3.8, 4) is 11.5 Å². The molecule has 3 aromatic carbocycles. The van der Waals surface area contributed by atoms with E-state index in [-0.39, 0.29) is 11.9 Å². The molecule has 0 spiro atoms. The van der Waals surface area contributed by atoms with Crippen molar-refractivity contribution in [3.05, 3.63) is 95.1 Å². The molecule has 34 heavy (non-hydrogen) atoms. The largest absolute Gasteiger partial charge is 0.497 e. The van der Waals surface area contributed by atoms with E-state index in [2.05, 4.69) is 29.2 Å². The third-order valence-corrected chi connectivity index (χ3v) is 6.66. The normalized spacial score (nSPS) is 17.8. The van der Waals surface area contributed by atoms with Gasteiger partial charge in [0, 0.05) is 19.5 Å². The van der Waals surface area contributed by atoms with Crippen molar-refractivity contribution in [2.24, 2.45) is 5.10 Å². The zero-order valence-corrected chi connectivity index (χ0v) is 19.6. The first kappa shape index (κ1) is 22.2. The molecule has 0 saturated carbocycles. The number of benzene rings is 3. The minimum Gasteiger partial charge on any atom is -0.497 e. The Labute approximate surface area is 200 Å². The average Bonchev–Trinajstić information content (AvgIpc) is 3.34. The Morgan fingerprint density at radius 3 is 2.24 bits per heavy atom. The Morgan fingerprint density at radius 2 is 1.56 bits per heavy atom. The zero-order valence-electron chi connectivity index (χ0n) is 19.6. The molecule has 2 aliphatic heterocycles. The molecule has 0 saturated heterocycles. The van der Waals surface area contributed by atoms with Crippen LogP contribution in [0, 0.1) is 0 Å². The predicted octanol–water partition coefficient (Wildman–Crippen LogP) is 4.44. The van der Waals surface area contributed by atoms with E-state index in [1.807, 2.05) is 48.5 Å². The minimum atomic E-state index is -0.146. The second kappa shape index (κ2) is 9.69. The van der Waals surface area contributed by atoms with Crippen molar-refractivity contribution in [2.75, 3.05) is 27.3 Å². The van der Waals surface area contributed by atoms with E-state index in [1.165, 1.54) is 11.1 Å². The first-order chi connectivity index (χ1) is 16.6. The van der Waals surface area contributed by atoms with Crippen molar-refractivity contribution in [1.29, 1.82) is 0 Å². The smallest absolute Gasteiger partial charge is 0.257 e. The number of fused-ring (bicyclic) bond motifs is 1. The molecular formula is C28H29N3O3. The van der Waals surface area contributed by atoms with Gasteiger partial charge in [-0.2, -0.15) is 5.10 Å². The van der Waals surface area contributed by atoms with Gasteiger partial charge >= 0.3 is 0 Å².